The standard InChI is InChI=1S/C22H27N7O3S/c1-28-10-12-29(13-11-28)16-8-9-17(19(14-16)32-2)25-21-23-15-24-22(27-21)26-18-6-4-5-7-20(18)33(3,30)31/h4-9,14-15H,10-13H2,1-3H3,(H2,23,24,25,26,27). The zero-order chi connectivity index (χ0) is 23.4. The summed E-state index contributed by atoms with van der Waals surface area (Å²) in [6.45, 7) is 3.96. The maximum atomic E-state index is 12.1. The molecule has 1 aliphatic heterocycles. The minimum Gasteiger partial charge on any atom is -0.494 e. The molecule has 4 rings (SSSR count). The van der Waals surface area contributed by atoms with Crippen molar-refractivity contribution in [2.45, 2.75) is 4.90 Å². The molecule has 1 saturated heterocycles. The molecule has 0 bridgehead atoms. The smallest absolute Gasteiger partial charge is 0.232 e. The van der Waals surface area contributed by atoms with E-state index in [-0.39, 0.29) is 10.8 Å². The van der Waals surface area contributed by atoms with E-state index in [1.54, 1.807) is 25.3 Å². The Morgan fingerprint density at radius 3 is 2.27 bits per heavy atom. The van der Waals surface area contributed by atoms with Crippen LogP contribution in [0.5, 0.6) is 5.75 Å². The molecule has 33 heavy (non-hydrogen) atoms. The monoisotopic (exact) mass is 469 g/mol. The lowest BCUT2D eigenvalue weighted by atomic mass is 10.2. The van der Waals surface area contributed by atoms with Gasteiger partial charge in [-0.2, -0.15) is 4.98 Å². The third kappa shape index (κ3) is 5.49. The summed E-state index contributed by atoms with van der Waals surface area (Å²) >= 11 is 0. The lowest BCUT2D eigenvalue weighted by molar-refractivity contribution is 0.312. The average Bonchev–Trinajstić information content (AvgIpc) is 2.80. The van der Waals surface area contributed by atoms with Crippen LogP contribution in [0.15, 0.2) is 53.7 Å². The summed E-state index contributed by atoms with van der Waals surface area (Å²) in [6.07, 6.45) is 2.51. The largest absolute Gasteiger partial charge is 0.494 e. The number of piperazine rings is 1. The second-order valence-electron chi connectivity index (χ2n) is 7.83. The molecule has 174 valence electrons. The van der Waals surface area contributed by atoms with Crippen LogP contribution in [0.1, 0.15) is 0 Å². The van der Waals surface area contributed by atoms with E-state index < -0.39 is 9.84 Å². The summed E-state index contributed by atoms with van der Waals surface area (Å²) in [6, 6.07) is 12.6. The third-order valence-electron chi connectivity index (χ3n) is 5.40. The molecular weight excluding hydrogens is 442 g/mol. The van der Waals surface area contributed by atoms with Gasteiger partial charge in [-0.05, 0) is 31.3 Å². The van der Waals surface area contributed by atoms with Gasteiger partial charge in [-0.25, -0.2) is 18.4 Å². The Kier molecular flexibility index (Phi) is 6.61. The second kappa shape index (κ2) is 9.59. The minimum atomic E-state index is -3.41. The predicted octanol–water partition coefficient (Wildman–Crippen LogP) is 2.52. The topological polar surface area (TPSA) is 113 Å². The predicted molar refractivity (Wildman–Crippen MR) is 129 cm³/mol. The molecular formula is C22H27N7O3S. The lowest BCUT2D eigenvalue weighted by Gasteiger charge is -2.34. The first-order valence-corrected chi connectivity index (χ1v) is 12.4. The number of methoxy groups -OCH3 is 1. The number of hydrogen-bond acceptors (Lipinski definition) is 10. The van der Waals surface area contributed by atoms with Crippen LogP contribution in [0, 0.1) is 0 Å². The van der Waals surface area contributed by atoms with Crippen molar-refractivity contribution in [3.05, 3.63) is 48.8 Å². The van der Waals surface area contributed by atoms with Crippen molar-refractivity contribution >= 4 is 38.8 Å². The van der Waals surface area contributed by atoms with Crippen LogP contribution in [0.25, 0.3) is 0 Å². The van der Waals surface area contributed by atoms with Crippen molar-refractivity contribution in [2.24, 2.45) is 0 Å². The molecule has 0 atom stereocenters. The van der Waals surface area contributed by atoms with Crippen molar-refractivity contribution in [1.29, 1.82) is 0 Å². The van der Waals surface area contributed by atoms with Gasteiger partial charge in [0.15, 0.2) is 9.84 Å². The van der Waals surface area contributed by atoms with Gasteiger partial charge in [-0.3, -0.25) is 0 Å². The van der Waals surface area contributed by atoms with Crippen LogP contribution in [0.3, 0.4) is 0 Å². The molecule has 0 unspecified atom stereocenters. The van der Waals surface area contributed by atoms with E-state index in [9.17, 15) is 8.42 Å². The fourth-order valence-electron chi connectivity index (χ4n) is 3.60. The van der Waals surface area contributed by atoms with E-state index in [0.29, 0.717) is 23.1 Å². The van der Waals surface area contributed by atoms with Crippen LogP contribution in [0.2, 0.25) is 0 Å². The van der Waals surface area contributed by atoms with Crippen LogP contribution in [-0.4, -0.2) is 74.9 Å². The Hall–Kier alpha value is -3.44. The number of benzene rings is 2. The van der Waals surface area contributed by atoms with Gasteiger partial charge in [0.05, 0.1) is 23.4 Å². The van der Waals surface area contributed by atoms with E-state index in [1.807, 2.05) is 18.2 Å². The van der Waals surface area contributed by atoms with Crippen LogP contribution < -0.4 is 20.3 Å². The van der Waals surface area contributed by atoms with Gasteiger partial charge in [0.2, 0.25) is 11.9 Å². The maximum Gasteiger partial charge on any atom is 0.232 e. The van der Waals surface area contributed by atoms with Gasteiger partial charge in [0.25, 0.3) is 0 Å². The Morgan fingerprint density at radius 2 is 1.61 bits per heavy atom. The molecule has 11 heteroatoms. The molecule has 2 heterocycles. The van der Waals surface area contributed by atoms with E-state index in [1.165, 1.54) is 12.4 Å². The molecule has 0 amide bonds. The minimum absolute atomic E-state index is 0.168. The first kappa shape index (κ1) is 22.7. The van der Waals surface area contributed by atoms with Gasteiger partial charge >= 0.3 is 0 Å². The first-order chi connectivity index (χ1) is 15.8. The van der Waals surface area contributed by atoms with Gasteiger partial charge in [0.1, 0.15) is 12.1 Å². The number of sulfone groups is 1. The maximum absolute atomic E-state index is 12.1. The van der Waals surface area contributed by atoms with E-state index in [4.69, 9.17) is 4.74 Å². The molecule has 1 aliphatic rings. The van der Waals surface area contributed by atoms with Crippen molar-refractivity contribution in [2.75, 3.05) is 62.1 Å². The number of nitrogens with zero attached hydrogens (tertiary/aromatic N) is 5. The molecule has 1 aromatic heterocycles. The SMILES string of the molecule is COc1cc(N2CCN(C)CC2)ccc1Nc1ncnc(Nc2ccccc2S(C)(=O)=O)n1. The highest BCUT2D eigenvalue weighted by Gasteiger charge is 2.17. The van der Waals surface area contributed by atoms with Gasteiger partial charge in [-0.1, -0.05) is 12.1 Å². The summed E-state index contributed by atoms with van der Waals surface area (Å²) in [7, 11) is 0.339. The molecule has 0 saturated carbocycles. The average molecular weight is 470 g/mol. The summed E-state index contributed by atoms with van der Waals surface area (Å²) in [4.78, 5) is 17.5. The molecule has 1 fully saturated rings. The Morgan fingerprint density at radius 1 is 0.939 bits per heavy atom. The zero-order valence-corrected chi connectivity index (χ0v) is 19.6. The molecule has 2 N–H and O–H groups in total. The first-order valence-electron chi connectivity index (χ1n) is 10.5. The van der Waals surface area contributed by atoms with Crippen LogP contribution >= 0.6 is 0 Å². The van der Waals surface area contributed by atoms with Crippen molar-refractivity contribution in [3.8, 4) is 5.75 Å². The molecule has 0 spiro atoms. The Bertz CT molecular complexity index is 1230. The molecule has 2 aromatic carbocycles. The lowest BCUT2D eigenvalue weighted by Crippen LogP contribution is -2.44. The second-order valence-corrected chi connectivity index (χ2v) is 9.81. The van der Waals surface area contributed by atoms with Gasteiger partial charge in [0, 0.05) is 44.2 Å². The third-order valence-corrected chi connectivity index (χ3v) is 6.56. The summed E-state index contributed by atoms with van der Waals surface area (Å²) in [5.41, 5.74) is 2.20. The zero-order valence-electron chi connectivity index (χ0n) is 18.8. The number of para-hydroxylation sites is 1. The van der Waals surface area contributed by atoms with Crippen molar-refractivity contribution in [1.82, 2.24) is 19.9 Å². The number of likely N-dealkylation sites (N-methyl/N-ethyl adjacent to an activating group) is 1. The molecule has 0 radical (unpaired) electrons. The molecule has 0 aliphatic carbocycles. The highest BCUT2D eigenvalue weighted by Crippen LogP contribution is 2.32. The van der Waals surface area contributed by atoms with Crippen molar-refractivity contribution < 1.29 is 13.2 Å². The Labute approximate surface area is 193 Å². The summed E-state index contributed by atoms with van der Waals surface area (Å²) in [5, 5.41) is 6.13. The summed E-state index contributed by atoms with van der Waals surface area (Å²) in [5.74, 6) is 1.19. The normalized spacial score (nSPS) is 14.7. The number of nitrogens with one attached hydrogen (secondary N) is 2. The Balaban J connectivity index is 1.53. The van der Waals surface area contributed by atoms with Crippen molar-refractivity contribution in [3.63, 3.8) is 0 Å². The number of anilines is 5. The number of rotatable bonds is 7. The number of ether oxygens (including phenoxy) is 1. The quantitative estimate of drug-likeness (QED) is 0.535. The van der Waals surface area contributed by atoms with E-state index >= 15 is 0 Å². The van der Waals surface area contributed by atoms with E-state index in [2.05, 4.69) is 42.4 Å². The van der Waals surface area contributed by atoms with Gasteiger partial charge < -0.3 is 25.2 Å². The van der Waals surface area contributed by atoms with Crippen LogP contribution in [-0.2, 0) is 9.84 Å². The van der Waals surface area contributed by atoms with E-state index in [0.717, 1.165) is 38.1 Å². The number of aromatic nitrogens is 3. The van der Waals surface area contributed by atoms with Gasteiger partial charge in [-0.15, -0.1) is 0 Å². The highest BCUT2D eigenvalue weighted by atomic mass is 32.2. The fourth-order valence-corrected chi connectivity index (χ4v) is 4.44. The number of hydrogen-bond donors (Lipinski definition) is 2. The molecule has 3 aromatic rings. The van der Waals surface area contributed by atoms with Crippen LogP contribution in [0.4, 0.5) is 29.0 Å². The molecule has 10 nitrogen and oxygen atoms in total. The highest BCUT2D eigenvalue weighted by molar-refractivity contribution is 7.90. The summed E-state index contributed by atoms with van der Waals surface area (Å²) < 4.78 is 29.7. The fraction of sp³-hybridized carbons (Fsp3) is 0.318.